The van der Waals surface area contributed by atoms with E-state index in [9.17, 15) is 0 Å². The second kappa shape index (κ2) is 7.27. The Morgan fingerprint density at radius 3 is 2.07 bits per heavy atom. The molecule has 0 amide bonds. The zero-order valence-electron chi connectivity index (χ0n) is 11.7. The topological polar surface area (TPSA) is 12.0 Å². The van der Waals surface area contributed by atoms with E-state index in [4.69, 9.17) is 0 Å². The average molecular weight is 213 g/mol. The molecule has 0 bridgehead atoms. The molecule has 0 aliphatic heterocycles. The van der Waals surface area contributed by atoms with Gasteiger partial charge in [0.25, 0.3) is 0 Å². The van der Waals surface area contributed by atoms with Crippen molar-refractivity contribution < 1.29 is 0 Å². The summed E-state index contributed by atoms with van der Waals surface area (Å²) < 4.78 is 0. The fourth-order valence-corrected chi connectivity index (χ4v) is 1.95. The minimum Gasteiger partial charge on any atom is -0.312 e. The largest absolute Gasteiger partial charge is 0.312 e. The molecule has 0 saturated carbocycles. The van der Waals surface area contributed by atoms with Crippen LogP contribution < -0.4 is 5.32 Å². The lowest BCUT2D eigenvalue weighted by molar-refractivity contribution is 0.219. The molecule has 1 N–H and O–H groups in total. The highest BCUT2D eigenvalue weighted by molar-refractivity contribution is 4.81. The molecule has 0 aromatic carbocycles. The van der Waals surface area contributed by atoms with Crippen molar-refractivity contribution in [3.05, 3.63) is 0 Å². The number of hydrogen-bond acceptors (Lipinski definition) is 1. The molecule has 92 valence electrons. The molecular weight excluding hydrogens is 182 g/mol. The van der Waals surface area contributed by atoms with Crippen molar-refractivity contribution in [1.82, 2.24) is 5.32 Å². The van der Waals surface area contributed by atoms with Crippen LogP contribution in [0.15, 0.2) is 0 Å². The van der Waals surface area contributed by atoms with Crippen molar-refractivity contribution in [2.24, 2.45) is 5.41 Å². The van der Waals surface area contributed by atoms with Crippen LogP contribution in [0, 0.1) is 5.41 Å². The molecule has 0 heterocycles. The number of hydrogen-bond donors (Lipinski definition) is 1. The highest BCUT2D eigenvalue weighted by Gasteiger charge is 2.25. The van der Waals surface area contributed by atoms with Crippen molar-refractivity contribution in [1.29, 1.82) is 0 Å². The Hall–Kier alpha value is -0.0400. The zero-order chi connectivity index (χ0) is 11.9. The molecule has 1 nitrogen and oxygen atoms in total. The van der Waals surface area contributed by atoms with E-state index in [1.165, 1.54) is 32.1 Å². The van der Waals surface area contributed by atoms with Crippen molar-refractivity contribution in [3.63, 3.8) is 0 Å². The molecule has 0 radical (unpaired) electrons. The van der Waals surface area contributed by atoms with Crippen LogP contribution in [0.3, 0.4) is 0 Å². The van der Waals surface area contributed by atoms with Crippen LogP contribution >= 0.6 is 0 Å². The maximum Gasteiger partial charge on any atom is 0.00922 e. The van der Waals surface area contributed by atoms with Crippen molar-refractivity contribution in [2.45, 2.75) is 85.7 Å². The third-order valence-electron chi connectivity index (χ3n) is 3.43. The molecule has 1 unspecified atom stereocenters. The van der Waals surface area contributed by atoms with Crippen molar-refractivity contribution >= 4 is 0 Å². The van der Waals surface area contributed by atoms with Crippen molar-refractivity contribution in [3.8, 4) is 0 Å². The molecule has 0 spiro atoms. The molecule has 0 aliphatic rings. The second-order valence-corrected chi connectivity index (χ2v) is 5.84. The van der Waals surface area contributed by atoms with Gasteiger partial charge >= 0.3 is 0 Å². The number of unbranched alkanes of at least 4 members (excludes halogenated alkanes) is 3. The molecule has 0 aliphatic carbocycles. The van der Waals surface area contributed by atoms with E-state index in [1.807, 2.05) is 0 Å². The van der Waals surface area contributed by atoms with Crippen LogP contribution in [-0.4, -0.2) is 12.1 Å². The standard InChI is InChI=1S/C14H31N/c1-7-8-9-10-11-14(5,6)13(4)15-12(2)3/h12-13,15H,7-11H2,1-6H3. The van der Waals surface area contributed by atoms with E-state index in [1.54, 1.807) is 0 Å². The minimum absolute atomic E-state index is 0.429. The summed E-state index contributed by atoms with van der Waals surface area (Å²) in [6, 6.07) is 1.20. The normalized spacial score (nSPS) is 14.6. The Kier molecular flexibility index (Phi) is 7.25. The molecule has 1 heteroatoms. The van der Waals surface area contributed by atoms with Gasteiger partial charge in [0.2, 0.25) is 0 Å². The van der Waals surface area contributed by atoms with Gasteiger partial charge in [0.05, 0.1) is 0 Å². The van der Waals surface area contributed by atoms with E-state index in [-0.39, 0.29) is 0 Å². The Morgan fingerprint density at radius 2 is 1.60 bits per heavy atom. The van der Waals surface area contributed by atoms with Crippen LogP contribution in [-0.2, 0) is 0 Å². The molecule has 15 heavy (non-hydrogen) atoms. The van der Waals surface area contributed by atoms with E-state index >= 15 is 0 Å². The van der Waals surface area contributed by atoms with E-state index < -0.39 is 0 Å². The molecular formula is C14H31N. The SMILES string of the molecule is CCCCCCC(C)(C)C(C)NC(C)C. The van der Waals surface area contributed by atoms with Gasteiger partial charge in [0.1, 0.15) is 0 Å². The third-order valence-corrected chi connectivity index (χ3v) is 3.43. The number of nitrogens with one attached hydrogen (secondary N) is 1. The van der Waals surface area contributed by atoms with Crippen molar-refractivity contribution in [2.75, 3.05) is 0 Å². The predicted molar refractivity (Wildman–Crippen MR) is 70.3 cm³/mol. The third kappa shape index (κ3) is 6.94. The quantitative estimate of drug-likeness (QED) is 0.590. The van der Waals surface area contributed by atoms with Gasteiger partial charge in [0, 0.05) is 12.1 Å². The summed E-state index contributed by atoms with van der Waals surface area (Å²) in [7, 11) is 0. The minimum atomic E-state index is 0.429. The van der Waals surface area contributed by atoms with E-state index in [0.717, 1.165) is 0 Å². The van der Waals surface area contributed by atoms with Gasteiger partial charge in [0.15, 0.2) is 0 Å². The Labute approximate surface area is 97.0 Å². The fraction of sp³-hybridized carbons (Fsp3) is 1.00. The van der Waals surface area contributed by atoms with Gasteiger partial charge in [-0.2, -0.15) is 0 Å². The second-order valence-electron chi connectivity index (χ2n) is 5.84. The molecule has 0 rings (SSSR count). The Bertz CT molecular complexity index is 149. The number of rotatable bonds is 8. The summed E-state index contributed by atoms with van der Waals surface area (Å²) in [5.41, 5.74) is 0.429. The first-order chi connectivity index (χ1) is 6.90. The van der Waals surface area contributed by atoms with Crippen LogP contribution in [0.25, 0.3) is 0 Å². The summed E-state index contributed by atoms with van der Waals surface area (Å²) in [4.78, 5) is 0. The first-order valence-electron chi connectivity index (χ1n) is 6.66. The summed E-state index contributed by atoms with van der Waals surface area (Å²) in [5, 5.41) is 3.62. The van der Waals surface area contributed by atoms with Gasteiger partial charge in [-0.05, 0) is 18.8 Å². The predicted octanol–water partition coefficient (Wildman–Crippen LogP) is 4.37. The van der Waals surface area contributed by atoms with Crippen LogP contribution in [0.5, 0.6) is 0 Å². The van der Waals surface area contributed by atoms with Gasteiger partial charge in [-0.15, -0.1) is 0 Å². The lowest BCUT2D eigenvalue weighted by Gasteiger charge is -2.34. The summed E-state index contributed by atoms with van der Waals surface area (Å²) in [6.07, 6.45) is 6.84. The fourth-order valence-electron chi connectivity index (χ4n) is 1.95. The molecule has 0 aromatic rings. The summed E-state index contributed by atoms with van der Waals surface area (Å²) >= 11 is 0. The van der Waals surface area contributed by atoms with Crippen LogP contribution in [0.1, 0.15) is 73.6 Å². The highest BCUT2D eigenvalue weighted by Crippen LogP contribution is 2.28. The molecule has 0 saturated heterocycles. The van der Waals surface area contributed by atoms with Gasteiger partial charge < -0.3 is 5.32 Å². The summed E-state index contributed by atoms with van der Waals surface area (Å²) in [5.74, 6) is 0. The van der Waals surface area contributed by atoms with Gasteiger partial charge in [-0.3, -0.25) is 0 Å². The van der Waals surface area contributed by atoms with E-state index in [0.29, 0.717) is 17.5 Å². The first kappa shape index (κ1) is 15.0. The van der Waals surface area contributed by atoms with E-state index in [2.05, 4.69) is 46.9 Å². The van der Waals surface area contributed by atoms with Crippen LogP contribution in [0.2, 0.25) is 0 Å². The lowest BCUT2D eigenvalue weighted by atomic mass is 9.80. The lowest BCUT2D eigenvalue weighted by Crippen LogP contribution is -2.42. The molecule has 0 aromatic heterocycles. The molecule has 0 fully saturated rings. The monoisotopic (exact) mass is 213 g/mol. The highest BCUT2D eigenvalue weighted by atomic mass is 14.9. The Balaban J connectivity index is 3.82. The molecule has 1 atom stereocenters. The smallest absolute Gasteiger partial charge is 0.00922 e. The van der Waals surface area contributed by atoms with Crippen LogP contribution in [0.4, 0.5) is 0 Å². The van der Waals surface area contributed by atoms with Gasteiger partial charge in [-0.1, -0.05) is 60.3 Å². The maximum absolute atomic E-state index is 3.62. The first-order valence-corrected chi connectivity index (χ1v) is 6.66. The van der Waals surface area contributed by atoms with Gasteiger partial charge in [-0.25, -0.2) is 0 Å². The maximum atomic E-state index is 3.62. The summed E-state index contributed by atoms with van der Waals surface area (Å²) in [6.45, 7) is 13.8. The Morgan fingerprint density at radius 1 is 1.00 bits per heavy atom. The average Bonchev–Trinajstić information content (AvgIpc) is 2.11. The zero-order valence-corrected chi connectivity index (χ0v) is 11.7.